The van der Waals surface area contributed by atoms with Gasteiger partial charge in [0.05, 0.1) is 0 Å². The molecule has 3 aromatic rings. The molecule has 0 fully saturated rings. The molecule has 2 aromatic carbocycles. The molecule has 0 atom stereocenters. The second kappa shape index (κ2) is 4.57. The van der Waals surface area contributed by atoms with Gasteiger partial charge in [0, 0.05) is 17.3 Å². The molecule has 0 aliphatic rings. The predicted octanol–water partition coefficient (Wildman–Crippen LogP) is 3.12. The van der Waals surface area contributed by atoms with Gasteiger partial charge >= 0.3 is 0 Å². The van der Waals surface area contributed by atoms with E-state index in [0.29, 0.717) is 11.4 Å². The summed E-state index contributed by atoms with van der Waals surface area (Å²) >= 11 is 0. The first-order chi connectivity index (χ1) is 9.22. The van der Waals surface area contributed by atoms with Crippen molar-refractivity contribution in [2.45, 2.75) is 6.92 Å². The van der Waals surface area contributed by atoms with Crippen LogP contribution in [-0.4, -0.2) is 16.1 Å². The number of nitrogens with one attached hydrogen (secondary N) is 2. The van der Waals surface area contributed by atoms with Gasteiger partial charge in [-0.3, -0.25) is 9.89 Å². The highest BCUT2D eigenvalue weighted by molar-refractivity contribution is 6.06. The standard InChI is InChI=1S/C15H13N3O/c1-10-8-14(18-17-10)16-15(19)13-7-6-11-4-2-3-5-12(11)9-13/h2-9H,1H3,(H2,16,17,18,19). The summed E-state index contributed by atoms with van der Waals surface area (Å²) in [7, 11) is 0. The Morgan fingerprint density at radius 2 is 1.89 bits per heavy atom. The summed E-state index contributed by atoms with van der Waals surface area (Å²) in [5.41, 5.74) is 1.54. The monoisotopic (exact) mass is 251 g/mol. The molecular formula is C15H13N3O. The number of anilines is 1. The molecule has 0 bridgehead atoms. The van der Waals surface area contributed by atoms with Crippen molar-refractivity contribution < 1.29 is 4.79 Å². The number of hydrogen-bond donors (Lipinski definition) is 2. The smallest absolute Gasteiger partial charge is 0.256 e. The van der Waals surface area contributed by atoms with Crippen LogP contribution in [0, 0.1) is 6.92 Å². The van der Waals surface area contributed by atoms with Crippen LogP contribution in [0.1, 0.15) is 16.1 Å². The van der Waals surface area contributed by atoms with Crippen molar-refractivity contribution in [3.63, 3.8) is 0 Å². The molecule has 0 aliphatic heterocycles. The molecule has 2 N–H and O–H groups in total. The van der Waals surface area contributed by atoms with Gasteiger partial charge < -0.3 is 5.32 Å². The van der Waals surface area contributed by atoms with Crippen molar-refractivity contribution in [1.82, 2.24) is 10.2 Å². The van der Waals surface area contributed by atoms with E-state index in [1.807, 2.05) is 49.4 Å². The molecule has 0 saturated heterocycles. The molecule has 0 unspecified atom stereocenters. The third-order valence-corrected chi connectivity index (χ3v) is 2.96. The molecule has 1 heterocycles. The number of aryl methyl sites for hydroxylation is 1. The van der Waals surface area contributed by atoms with Crippen LogP contribution in [-0.2, 0) is 0 Å². The van der Waals surface area contributed by atoms with E-state index in [9.17, 15) is 4.79 Å². The van der Waals surface area contributed by atoms with Crippen molar-refractivity contribution in [2.24, 2.45) is 0 Å². The number of H-pyrrole nitrogens is 1. The summed E-state index contributed by atoms with van der Waals surface area (Å²) in [6.07, 6.45) is 0. The number of amides is 1. The Balaban J connectivity index is 1.89. The molecule has 0 aliphatic carbocycles. The second-order valence-corrected chi connectivity index (χ2v) is 4.45. The quantitative estimate of drug-likeness (QED) is 0.735. The minimum absolute atomic E-state index is 0.155. The first-order valence-corrected chi connectivity index (χ1v) is 6.04. The molecule has 4 nitrogen and oxygen atoms in total. The van der Waals surface area contributed by atoms with Crippen LogP contribution in [0.3, 0.4) is 0 Å². The van der Waals surface area contributed by atoms with Gasteiger partial charge in [-0.15, -0.1) is 0 Å². The molecule has 1 amide bonds. The van der Waals surface area contributed by atoms with Crippen molar-refractivity contribution in [3.8, 4) is 0 Å². The summed E-state index contributed by atoms with van der Waals surface area (Å²) in [6.45, 7) is 1.89. The number of carbonyl (C=O) groups is 1. The van der Waals surface area contributed by atoms with E-state index in [0.717, 1.165) is 16.5 Å². The molecule has 0 saturated carbocycles. The average molecular weight is 251 g/mol. The van der Waals surface area contributed by atoms with Crippen LogP contribution in [0.15, 0.2) is 48.5 Å². The Kier molecular flexibility index (Phi) is 2.76. The Labute approximate surface area is 110 Å². The van der Waals surface area contributed by atoms with Gasteiger partial charge in [-0.2, -0.15) is 5.10 Å². The summed E-state index contributed by atoms with van der Waals surface area (Å²) in [5, 5.41) is 11.7. The Bertz CT molecular complexity index is 746. The molecule has 4 heteroatoms. The van der Waals surface area contributed by atoms with E-state index in [1.165, 1.54) is 0 Å². The number of benzene rings is 2. The SMILES string of the molecule is Cc1cc(NC(=O)c2ccc3ccccc3c2)n[nH]1. The van der Waals surface area contributed by atoms with Crippen LogP contribution in [0.25, 0.3) is 10.8 Å². The van der Waals surface area contributed by atoms with Gasteiger partial charge in [0.1, 0.15) is 0 Å². The van der Waals surface area contributed by atoms with Crippen LogP contribution >= 0.6 is 0 Å². The highest BCUT2D eigenvalue weighted by Crippen LogP contribution is 2.16. The van der Waals surface area contributed by atoms with Gasteiger partial charge in [-0.25, -0.2) is 0 Å². The Hall–Kier alpha value is -2.62. The average Bonchev–Trinajstić information content (AvgIpc) is 2.83. The lowest BCUT2D eigenvalue weighted by atomic mass is 10.1. The van der Waals surface area contributed by atoms with Crippen molar-refractivity contribution >= 4 is 22.5 Å². The summed E-state index contributed by atoms with van der Waals surface area (Å²) in [4.78, 5) is 12.1. The summed E-state index contributed by atoms with van der Waals surface area (Å²) in [6, 6.07) is 15.4. The van der Waals surface area contributed by atoms with Crippen molar-refractivity contribution in [1.29, 1.82) is 0 Å². The molecule has 0 spiro atoms. The number of fused-ring (bicyclic) bond motifs is 1. The fraction of sp³-hybridized carbons (Fsp3) is 0.0667. The lowest BCUT2D eigenvalue weighted by Gasteiger charge is -2.03. The zero-order valence-electron chi connectivity index (χ0n) is 10.5. The maximum Gasteiger partial charge on any atom is 0.256 e. The minimum atomic E-state index is -0.155. The van der Waals surface area contributed by atoms with Crippen LogP contribution in [0.2, 0.25) is 0 Å². The van der Waals surface area contributed by atoms with Crippen molar-refractivity contribution in [3.05, 3.63) is 59.8 Å². The molecule has 94 valence electrons. The van der Waals surface area contributed by atoms with E-state index < -0.39 is 0 Å². The van der Waals surface area contributed by atoms with E-state index in [2.05, 4.69) is 15.5 Å². The summed E-state index contributed by atoms with van der Waals surface area (Å²) < 4.78 is 0. The number of rotatable bonds is 2. The Morgan fingerprint density at radius 3 is 2.63 bits per heavy atom. The van der Waals surface area contributed by atoms with Gasteiger partial charge in [0.15, 0.2) is 5.82 Å². The topological polar surface area (TPSA) is 57.8 Å². The maximum absolute atomic E-state index is 12.1. The minimum Gasteiger partial charge on any atom is -0.305 e. The molecular weight excluding hydrogens is 238 g/mol. The Morgan fingerprint density at radius 1 is 1.11 bits per heavy atom. The normalized spacial score (nSPS) is 10.6. The zero-order chi connectivity index (χ0) is 13.2. The van der Waals surface area contributed by atoms with Gasteiger partial charge in [0.2, 0.25) is 0 Å². The van der Waals surface area contributed by atoms with Gasteiger partial charge in [0.25, 0.3) is 5.91 Å². The number of nitrogens with zero attached hydrogens (tertiary/aromatic N) is 1. The zero-order valence-corrected chi connectivity index (χ0v) is 10.5. The molecule has 0 radical (unpaired) electrons. The third kappa shape index (κ3) is 2.33. The first kappa shape index (κ1) is 11.5. The van der Waals surface area contributed by atoms with Gasteiger partial charge in [-0.1, -0.05) is 30.3 Å². The second-order valence-electron chi connectivity index (χ2n) is 4.45. The van der Waals surface area contributed by atoms with Crippen LogP contribution < -0.4 is 5.32 Å². The lowest BCUT2D eigenvalue weighted by Crippen LogP contribution is -2.12. The molecule has 19 heavy (non-hydrogen) atoms. The highest BCUT2D eigenvalue weighted by atomic mass is 16.1. The van der Waals surface area contributed by atoms with E-state index in [4.69, 9.17) is 0 Å². The van der Waals surface area contributed by atoms with E-state index >= 15 is 0 Å². The highest BCUT2D eigenvalue weighted by Gasteiger charge is 2.08. The fourth-order valence-electron chi connectivity index (χ4n) is 2.00. The van der Waals surface area contributed by atoms with E-state index in [-0.39, 0.29) is 5.91 Å². The number of aromatic nitrogens is 2. The lowest BCUT2D eigenvalue weighted by molar-refractivity contribution is 0.102. The fourth-order valence-corrected chi connectivity index (χ4v) is 2.00. The third-order valence-electron chi connectivity index (χ3n) is 2.96. The maximum atomic E-state index is 12.1. The number of hydrogen-bond acceptors (Lipinski definition) is 2. The number of aromatic amines is 1. The van der Waals surface area contributed by atoms with Gasteiger partial charge in [-0.05, 0) is 29.8 Å². The molecule has 1 aromatic heterocycles. The molecule has 3 rings (SSSR count). The number of carbonyl (C=O) groups excluding carboxylic acids is 1. The predicted molar refractivity (Wildman–Crippen MR) is 75.2 cm³/mol. The van der Waals surface area contributed by atoms with Crippen molar-refractivity contribution in [2.75, 3.05) is 5.32 Å². The summed E-state index contributed by atoms with van der Waals surface area (Å²) in [5.74, 6) is 0.382. The first-order valence-electron chi connectivity index (χ1n) is 6.04. The van der Waals surface area contributed by atoms with Crippen LogP contribution in [0.5, 0.6) is 0 Å². The van der Waals surface area contributed by atoms with Crippen LogP contribution in [0.4, 0.5) is 5.82 Å². The largest absolute Gasteiger partial charge is 0.305 e. The van der Waals surface area contributed by atoms with E-state index in [1.54, 1.807) is 6.07 Å².